The lowest BCUT2D eigenvalue weighted by molar-refractivity contribution is 0.0697. The fourth-order valence-corrected chi connectivity index (χ4v) is 3.66. The maximum Gasteiger partial charge on any atom is 0.347 e. The van der Waals surface area contributed by atoms with Gasteiger partial charge in [-0.25, -0.2) is 9.78 Å². The summed E-state index contributed by atoms with van der Waals surface area (Å²) >= 11 is 1.25. The molecule has 0 saturated carbocycles. The zero-order valence-corrected chi connectivity index (χ0v) is 13.7. The normalized spacial score (nSPS) is 16.7. The summed E-state index contributed by atoms with van der Waals surface area (Å²) in [6.45, 7) is 3.24. The molecule has 0 atom stereocenters. The molecule has 1 N–H and O–H groups in total. The van der Waals surface area contributed by atoms with Gasteiger partial charge in [0.2, 0.25) is 0 Å². The van der Waals surface area contributed by atoms with Crippen LogP contribution in [0.4, 0.5) is 5.13 Å². The number of carboxylic acid groups (broad SMARTS) is 1. The average molecular weight is 313 g/mol. The van der Waals surface area contributed by atoms with Gasteiger partial charge in [0, 0.05) is 26.7 Å². The van der Waals surface area contributed by atoms with E-state index in [0.717, 1.165) is 37.6 Å². The van der Waals surface area contributed by atoms with E-state index in [1.165, 1.54) is 11.3 Å². The standard InChI is InChI=1S/C14H23N3O3S/c1-16(2)8-10-4-6-17(7-5-10)14-15-11(9-20-3)12(21-14)13(18)19/h10H,4-9H2,1-3H3,(H,18,19). The van der Waals surface area contributed by atoms with E-state index in [4.69, 9.17) is 4.74 Å². The molecule has 1 saturated heterocycles. The first-order valence-electron chi connectivity index (χ1n) is 7.13. The minimum atomic E-state index is -0.923. The molecule has 0 aromatic carbocycles. The number of rotatable bonds is 6. The highest BCUT2D eigenvalue weighted by atomic mass is 32.1. The summed E-state index contributed by atoms with van der Waals surface area (Å²) in [6, 6.07) is 0. The van der Waals surface area contributed by atoms with E-state index < -0.39 is 5.97 Å². The number of carboxylic acids is 1. The maximum absolute atomic E-state index is 11.3. The SMILES string of the molecule is COCc1nc(N2CCC(CN(C)C)CC2)sc1C(=O)O. The van der Waals surface area contributed by atoms with E-state index in [-0.39, 0.29) is 6.61 Å². The highest BCUT2D eigenvalue weighted by molar-refractivity contribution is 7.17. The van der Waals surface area contributed by atoms with Crippen LogP contribution in [0.25, 0.3) is 0 Å². The number of methoxy groups -OCH3 is 1. The number of aromatic carboxylic acids is 1. The van der Waals surface area contributed by atoms with Crippen molar-refractivity contribution in [3.8, 4) is 0 Å². The predicted molar refractivity (Wildman–Crippen MR) is 83.3 cm³/mol. The zero-order valence-electron chi connectivity index (χ0n) is 12.8. The minimum Gasteiger partial charge on any atom is -0.477 e. The number of thiazole rings is 1. The van der Waals surface area contributed by atoms with Gasteiger partial charge in [-0.15, -0.1) is 0 Å². The lowest BCUT2D eigenvalue weighted by Gasteiger charge is -2.32. The van der Waals surface area contributed by atoms with E-state index >= 15 is 0 Å². The third-order valence-electron chi connectivity index (χ3n) is 3.67. The van der Waals surface area contributed by atoms with Crippen LogP contribution in [0.1, 0.15) is 28.2 Å². The molecule has 0 amide bonds. The summed E-state index contributed by atoms with van der Waals surface area (Å²) in [5.41, 5.74) is 0.528. The summed E-state index contributed by atoms with van der Waals surface area (Å²) in [6.07, 6.45) is 2.25. The summed E-state index contributed by atoms with van der Waals surface area (Å²) in [4.78, 5) is 20.4. The Labute approximate surface area is 129 Å². The molecule has 1 aromatic rings. The highest BCUT2D eigenvalue weighted by Gasteiger charge is 2.24. The largest absolute Gasteiger partial charge is 0.477 e. The predicted octanol–water partition coefficient (Wildman–Crippen LogP) is 1.77. The fraction of sp³-hybridized carbons (Fsp3) is 0.714. The number of aromatic nitrogens is 1. The smallest absolute Gasteiger partial charge is 0.347 e. The van der Waals surface area contributed by atoms with Crippen molar-refractivity contribution in [3.63, 3.8) is 0 Å². The number of piperidine rings is 1. The van der Waals surface area contributed by atoms with Gasteiger partial charge >= 0.3 is 5.97 Å². The molecule has 1 fully saturated rings. The lowest BCUT2D eigenvalue weighted by Crippen LogP contribution is -2.37. The van der Waals surface area contributed by atoms with Gasteiger partial charge in [-0.1, -0.05) is 11.3 Å². The third kappa shape index (κ3) is 4.15. The molecule has 2 heterocycles. The van der Waals surface area contributed by atoms with Crippen LogP contribution in [0, 0.1) is 5.92 Å². The van der Waals surface area contributed by atoms with Gasteiger partial charge in [-0.2, -0.15) is 0 Å². The Hall–Kier alpha value is -1.18. The van der Waals surface area contributed by atoms with Crippen LogP contribution >= 0.6 is 11.3 Å². The number of anilines is 1. The fourth-order valence-electron chi connectivity index (χ4n) is 2.70. The van der Waals surface area contributed by atoms with E-state index in [1.807, 2.05) is 0 Å². The van der Waals surface area contributed by atoms with E-state index in [0.29, 0.717) is 16.5 Å². The topological polar surface area (TPSA) is 65.9 Å². The van der Waals surface area contributed by atoms with Gasteiger partial charge in [0.05, 0.1) is 12.3 Å². The molecule has 21 heavy (non-hydrogen) atoms. The second kappa shape index (κ2) is 7.20. The molecule has 1 aliphatic heterocycles. The molecule has 1 aliphatic rings. The molecule has 6 nitrogen and oxygen atoms in total. The number of carbonyl (C=O) groups is 1. The first kappa shape index (κ1) is 16.2. The van der Waals surface area contributed by atoms with Gasteiger partial charge in [-0.3, -0.25) is 0 Å². The van der Waals surface area contributed by atoms with E-state index in [9.17, 15) is 9.90 Å². The molecule has 7 heteroatoms. The van der Waals surface area contributed by atoms with Gasteiger partial charge in [0.25, 0.3) is 0 Å². The average Bonchev–Trinajstić information content (AvgIpc) is 2.83. The second-order valence-electron chi connectivity index (χ2n) is 5.70. The summed E-state index contributed by atoms with van der Waals surface area (Å²) in [7, 11) is 5.75. The number of hydrogen-bond acceptors (Lipinski definition) is 6. The molecule has 0 radical (unpaired) electrons. The Morgan fingerprint density at radius 2 is 2.14 bits per heavy atom. The zero-order chi connectivity index (χ0) is 15.4. The highest BCUT2D eigenvalue weighted by Crippen LogP contribution is 2.30. The molecular formula is C14H23N3O3S. The van der Waals surface area contributed by atoms with Crippen molar-refractivity contribution in [1.82, 2.24) is 9.88 Å². The maximum atomic E-state index is 11.3. The lowest BCUT2D eigenvalue weighted by atomic mass is 9.97. The van der Waals surface area contributed by atoms with Gasteiger partial charge in [0.1, 0.15) is 4.88 Å². The van der Waals surface area contributed by atoms with Crippen molar-refractivity contribution in [1.29, 1.82) is 0 Å². The van der Waals surface area contributed by atoms with Crippen LogP contribution in [-0.2, 0) is 11.3 Å². The van der Waals surface area contributed by atoms with Crippen molar-refractivity contribution in [2.24, 2.45) is 5.92 Å². The number of nitrogens with zero attached hydrogens (tertiary/aromatic N) is 3. The van der Waals surface area contributed by atoms with Gasteiger partial charge in [-0.05, 0) is 32.9 Å². The Balaban J connectivity index is 2.03. The van der Waals surface area contributed by atoms with E-state index in [1.54, 1.807) is 7.11 Å². The van der Waals surface area contributed by atoms with Crippen LogP contribution in [0.3, 0.4) is 0 Å². The molecule has 0 bridgehead atoms. The minimum absolute atomic E-state index is 0.245. The second-order valence-corrected chi connectivity index (χ2v) is 6.68. The van der Waals surface area contributed by atoms with Crippen LogP contribution in [-0.4, -0.2) is 61.8 Å². The Kier molecular flexibility index (Phi) is 5.55. The van der Waals surface area contributed by atoms with Crippen molar-refractivity contribution in [3.05, 3.63) is 10.6 Å². The molecule has 0 aliphatic carbocycles. The van der Waals surface area contributed by atoms with E-state index in [2.05, 4.69) is 28.9 Å². The number of ether oxygens (including phenoxy) is 1. The first-order chi connectivity index (χ1) is 10.0. The van der Waals surface area contributed by atoms with Crippen LogP contribution in [0.5, 0.6) is 0 Å². The van der Waals surface area contributed by atoms with Crippen molar-refractivity contribution < 1.29 is 14.6 Å². The summed E-state index contributed by atoms with van der Waals surface area (Å²) in [5.74, 6) is -0.207. The van der Waals surface area contributed by atoms with Crippen LogP contribution in [0.2, 0.25) is 0 Å². The van der Waals surface area contributed by atoms with Gasteiger partial charge < -0.3 is 19.6 Å². The van der Waals surface area contributed by atoms with Crippen LogP contribution in [0.15, 0.2) is 0 Å². The van der Waals surface area contributed by atoms with Crippen molar-refractivity contribution >= 4 is 22.4 Å². The molecular weight excluding hydrogens is 290 g/mol. The Morgan fingerprint density at radius 1 is 1.48 bits per heavy atom. The molecule has 1 aromatic heterocycles. The first-order valence-corrected chi connectivity index (χ1v) is 7.94. The molecule has 0 unspecified atom stereocenters. The summed E-state index contributed by atoms with van der Waals surface area (Å²) in [5, 5.41) is 10.0. The number of hydrogen-bond donors (Lipinski definition) is 1. The third-order valence-corrected chi connectivity index (χ3v) is 4.82. The van der Waals surface area contributed by atoms with Gasteiger partial charge in [0.15, 0.2) is 5.13 Å². The summed E-state index contributed by atoms with van der Waals surface area (Å²) < 4.78 is 5.04. The Morgan fingerprint density at radius 3 is 2.67 bits per heavy atom. The van der Waals surface area contributed by atoms with Crippen LogP contribution < -0.4 is 4.90 Å². The Bertz CT molecular complexity index is 482. The monoisotopic (exact) mass is 313 g/mol. The van der Waals surface area contributed by atoms with Crippen molar-refractivity contribution in [2.45, 2.75) is 19.4 Å². The molecule has 2 rings (SSSR count). The molecule has 0 spiro atoms. The quantitative estimate of drug-likeness (QED) is 0.863. The molecule has 118 valence electrons. The van der Waals surface area contributed by atoms with Crippen molar-refractivity contribution in [2.75, 3.05) is 45.7 Å².